The van der Waals surface area contributed by atoms with E-state index in [4.69, 9.17) is 5.73 Å². The van der Waals surface area contributed by atoms with Crippen molar-refractivity contribution in [3.63, 3.8) is 0 Å². The van der Waals surface area contributed by atoms with E-state index in [0.29, 0.717) is 12.0 Å². The van der Waals surface area contributed by atoms with E-state index in [1.807, 2.05) is 0 Å². The van der Waals surface area contributed by atoms with Crippen LogP contribution in [0.1, 0.15) is 29.3 Å². The smallest absolute Gasteiger partial charge is 0.0701 e. The second-order valence-corrected chi connectivity index (χ2v) is 4.42. The Morgan fingerprint density at radius 2 is 2.29 bits per heavy atom. The van der Waals surface area contributed by atoms with Crippen molar-refractivity contribution in [3.8, 4) is 0 Å². The number of aromatic nitrogens is 2. The average Bonchev–Trinajstić information content (AvgIpc) is 2.77. The Balaban J connectivity index is 1.92. The van der Waals surface area contributed by atoms with Gasteiger partial charge in [0.05, 0.1) is 5.69 Å². The number of nitrogens with two attached hydrogens (primary N) is 1. The lowest BCUT2D eigenvalue weighted by Crippen LogP contribution is -2.20. The fourth-order valence-electron chi connectivity index (χ4n) is 2.64. The first-order valence-electron chi connectivity index (χ1n) is 5.37. The van der Waals surface area contributed by atoms with Crippen LogP contribution in [-0.4, -0.2) is 29.3 Å². The number of fused-ring (bicyclic) bond motifs is 1. The van der Waals surface area contributed by atoms with Gasteiger partial charge in [-0.15, -0.1) is 0 Å². The van der Waals surface area contributed by atoms with E-state index in [9.17, 15) is 0 Å². The summed E-state index contributed by atoms with van der Waals surface area (Å²) >= 11 is 0. The first-order chi connectivity index (χ1) is 6.84. The highest BCUT2D eigenvalue weighted by Gasteiger charge is 2.29. The molecule has 0 amide bonds. The maximum Gasteiger partial charge on any atom is 0.0701 e. The summed E-state index contributed by atoms with van der Waals surface area (Å²) in [6.45, 7) is 2.20. The molecule has 1 aliphatic carbocycles. The second-order valence-electron chi connectivity index (χ2n) is 4.42. The van der Waals surface area contributed by atoms with Gasteiger partial charge in [0.15, 0.2) is 0 Å². The Morgan fingerprint density at radius 3 is 3.07 bits per heavy atom. The topological polar surface area (TPSA) is 66.7 Å². The van der Waals surface area contributed by atoms with Gasteiger partial charge in [0, 0.05) is 30.6 Å². The Labute approximate surface area is 83.3 Å². The lowest BCUT2D eigenvalue weighted by molar-refractivity contribution is 0.673. The molecule has 0 bridgehead atoms. The fourth-order valence-corrected chi connectivity index (χ4v) is 2.64. The molecule has 1 aromatic heterocycles. The van der Waals surface area contributed by atoms with E-state index in [1.54, 1.807) is 0 Å². The van der Waals surface area contributed by atoms with Gasteiger partial charge in [-0.05, 0) is 24.9 Å². The molecule has 0 saturated carbocycles. The SMILES string of the molecule is NC1Cc2[nH]nc(C3CCNC3)c2C1. The monoisotopic (exact) mass is 192 g/mol. The number of H-pyrrole nitrogens is 1. The number of nitrogens with one attached hydrogen (secondary N) is 2. The molecule has 0 spiro atoms. The zero-order chi connectivity index (χ0) is 9.54. The molecule has 1 aliphatic heterocycles. The van der Waals surface area contributed by atoms with Crippen molar-refractivity contribution in [1.82, 2.24) is 15.5 Å². The summed E-state index contributed by atoms with van der Waals surface area (Å²) in [6, 6.07) is 0.312. The highest BCUT2D eigenvalue weighted by atomic mass is 15.1. The second kappa shape index (κ2) is 3.07. The van der Waals surface area contributed by atoms with E-state index in [1.165, 1.54) is 23.4 Å². The number of hydrogen-bond donors (Lipinski definition) is 3. The molecule has 4 nitrogen and oxygen atoms in total. The molecule has 2 unspecified atom stereocenters. The van der Waals surface area contributed by atoms with E-state index in [2.05, 4.69) is 15.5 Å². The number of hydrogen-bond acceptors (Lipinski definition) is 3. The molecule has 14 heavy (non-hydrogen) atoms. The van der Waals surface area contributed by atoms with Crippen molar-refractivity contribution in [1.29, 1.82) is 0 Å². The van der Waals surface area contributed by atoms with E-state index >= 15 is 0 Å². The Kier molecular flexibility index (Phi) is 1.85. The minimum atomic E-state index is 0.312. The molecular formula is C10H16N4. The quantitative estimate of drug-likeness (QED) is 0.582. The van der Waals surface area contributed by atoms with E-state index in [0.717, 1.165) is 25.9 Å². The molecule has 0 aromatic carbocycles. The van der Waals surface area contributed by atoms with Crippen molar-refractivity contribution in [2.45, 2.75) is 31.2 Å². The summed E-state index contributed by atoms with van der Waals surface area (Å²) in [5.74, 6) is 0.611. The summed E-state index contributed by atoms with van der Waals surface area (Å²) in [5.41, 5.74) is 9.90. The summed E-state index contributed by atoms with van der Waals surface area (Å²) in [5, 5.41) is 10.9. The van der Waals surface area contributed by atoms with Crippen molar-refractivity contribution in [2.75, 3.05) is 13.1 Å². The molecule has 2 heterocycles. The normalized spacial score (nSPS) is 30.9. The molecule has 4 heteroatoms. The minimum Gasteiger partial charge on any atom is -0.327 e. The maximum absolute atomic E-state index is 5.93. The fraction of sp³-hybridized carbons (Fsp3) is 0.700. The van der Waals surface area contributed by atoms with Crippen molar-refractivity contribution in [3.05, 3.63) is 17.0 Å². The molecule has 2 atom stereocenters. The van der Waals surface area contributed by atoms with Crippen LogP contribution in [0.25, 0.3) is 0 Å². The van der Waals surface area contributed by atoms with Crippen LogP contribution >= 0.6 is 0 Å². The largest absolute Gasteiger partial charge is 0.327 e. The van der Waals surface area contributed by atoms with Crippen LogP contribution in [0.15, 0.2) is 0 Å². The Morgan fingerprint density at radius 1 is 1.36 bits per heavy atom. The first kappa shape index (κ1) is 8.44. The molecule has 2 aliphatic rings. The average molecular weight is 192 g/mol. The highest BCUT2D eigenvalue weighted by Crippen LogP contribution is 2.30. The molecule has 0 radical (unpaired) electrons. The minimum absolute atomic E-state index is 0.312. The standard InChI is InChI=1S/C10H16N4/c11-7-3-8-9(4-7)13-14-10(8)6-1-2-12-5-6/h6-7,12H,1-5,11H2,(H,13,14). The van der Waals surface area contributed by atoms with E-state index in [-0.39, 0.29) is 0 Å². The first-order valence-corrected chi connectivity index (χ1v) is 5.37. The van der Waals surface area contributed by atoms with Crippen LogP contribution in [-0.2, 0) is 12.8 Å². The molecular weight excluding hydrogens is 176 g/mol. The summed E-state index contributed by atoms with van der Waals surface area (Å²) in [6.07, 6.45) is 3.20. The van der Waals surface area contributed by atoms with E-state index < -0.39 is 0 Å². The van der Waals surface area contributed by atoms with Gasteiger partial charge in [0.1, 0.15) is 0 Å². The van der Waals surface area contributed by atoms with Gasteiger partial charge in [-0.2, -0.15) is 5.10 Å². The number of rotatable bonds is 1. The summed E-state index contributed by atoms with van der Waals surface area (Å²) in [7, 11) is 0. The molecule has 76 valence electrons. The van der Waals surface area contributed by atoms with Gasteiger partial charge in [0.2, 0.25) is 0 Å². The highest BCUT2D eigenvalue weighted by molar-refractivity contribution is 5.34. The zero-order valence-corrected chi connectivity index (χ0v) is 8.21. The Bertz CT molecular complexity index is 338. The molecule has 1 saturated heterocycles. The molecule has 4 N–H and O–H groups in total. The third kappa shape index (κ3) is 1.18. The molecule has 3 rings (SSSR count). The van der Waals surface area contributed by atoms with Crippen LogP contribution in [0.4, 0.5) is 0 Å². The van der Waals surface area contributed by atoms with Gasteiger partial charge < -0.3 is 11.1 Å². The van der Waals surface area contributed by atoms with Crippen LogP contribution < -0.4 is 11.1 Å². The predicted molar refractivity (Wildman–Crippen MR) is 54.2 cm³/mol. The number of aromatic amines is 1. The summed E-state index contributed by atoms with van der Waals surface area (Å²) < 4.78 is 0. The van der Waals surface area contributed by atoms with Crippen LogP contribution in [0, 0.1) is 0 Å². The van der Waals surface area contributed by atoms with Crippen LogP contribution in [0.3, 0.4) is 0 Å². The van der Waals surface area contributed by atoms with Crippen molar-refractivity contribution >= 4 is 0 Å². The van der Waals surface area contributed by atoms with Crippen LogP contribution in [0.2, 0.25) is 0 Å². The Hall–Kier alpha value is -0.870. The third-order valence-electron chi connectivity index (χ3n) is 3.36. The van der Waals surface area contributed by atoms with Gasteiger partial charge >= 0.3 is 0 Å². The summed E-state index contributed by atoms with van der Waals surface area (Å²) in [4.78, 5) is 0. The molecule has 1 aromatic rings. The van der Waals surface area contributed by atoms with Gasteiger partial charge in [-0.25, -0.2) is 0 Å². The zero-order valence-electron chi connectivity index (χ0n) is 8.21. The maximum atomic E-state index is 5.93. The molecule has 1 fully saturated rings. The van der Waals surface area contributed by atoms with Gasteiger partial charge in [0.25, 0.3) is 0 Å². The van der Waals surface area contributed by atoms with Crippen LogP contribution in [0.5, 0.6) is 0 Å². The number of nitrogens with zero attached hydrogens (tertiary/aromatic N) is 1. The van der Waals surface area contributed by atoms with Crippen molar-refractivity contribution < 1.29 is 0 Å². The third-order valence-corrected chi connectivity index (χ3v) is 3.36. The predicted octanol–water partition coefficient (Wildman–Crippen LogP) is -0.0875. The lowest BCUT2D eigenvalue weighted by Gasteiger charge is -2.06. The van der Waals surface area contributed by atoms with Crippen molar-refractivity contribution in [2.24, 2.45) is 5.73 Å². The lowest BCUT2D eigenvalue weighted by atomic mass is 10.00. The van der Waals surface area contributed by atoms with Gasteiger partial charge in [-0.1, -0.05) is 0 Å². The van der Waals surface area contributed by atoms with Gasteiger partial charge in [-0.3, -0.25) is 5.10 Å².